The Labute approximate surface area is 155 Å². The lowest BCUT2D eigenvalue weighted by molar-refractivity contribution is -0.121. The number of nitrogens with zero attached hydrogens (tertiary/aromatic N) is 2. The van der Waals surface area contributed by atoms with Crippen molar-refractivity contribution < 1.29 is 19.1 Å². The van der Waals surface area contributed by atoms with E-state index >= 15 is 0 Å². The Morgan fingerprint density at radius 2 is 2.31 bits per heavy atom. The average molecular weight is 375 g/mol. The second-order valence-corrected chi connectivity index (χ2v) is 6.91. The van der Waals surface area contributed by atoms with E-state index < -0.39 is 0 Å². The van der Waals surface area contributed by atoms with Gasteiger partial charge in [-0.3, -0.25) is 14.5 Å². The van der Waals surface area contributed by atoms with Gasteiger partial charge in [0.05, 0.1) is 12.2 Å². The number of carbonyl (C=O) groups excluding carboxylic acids is 2. The molecule has 0 spiro atoms. The molecule has 2 aromatic rings. The van der Waals surface area contributed by atoms with Crippen LogP contribution in [-0.4, -0.2) is 43.7 Å². The van der Waals surface area contributed by atoms with Crippen LogP contribution in [0.2, 0.25) is 0 Å². The fraction of sp³-hybridized carbons (Fsp3) is 0.389. The van der Waals surface area contributed by atoms with Gasteiger partial charge in [0, 0.05) is 25.6 Å². The Kier molecular flexibility index (Phi) is 5.85. The highest BCUT2D eigenvalue weighted by Gasteiger charge is 2.26. The van der Waals surface area contributed by atoms with Crippen molar-refractivity contribution >= 4 is 28.8 Å². The Bertz CT molecular complexity index is 805. The number of anilines is 1. The molecule has 7 nitrogen and oxygen atoms in total. The average Bonchev–Trinajstić information content (AvgIpc) is 3.10. The summed E-state index contributed by atoms with van der Waals surface area (Å²) in [4.78, 5) is 30.4. The molecule has 0 aliphatic carbocycles. The van der Waals surface area contributed by atoms with Gasteiger partial charge >= 0.3 is 0 Å². The molecule has 0 radical (unpaired) electrons. The summed E-state index contributed by atoms with van der Waals surface area (Å²) in [6, 6.07) is 5.73. The van der Waals surface area contributed by atoms with Crippen LogP contribution in [0, 0.1) is 6.92 Å². The summed E-state index contributed by atoms with van der Waals surface area (Å²) >= 11 is 1.36. The molecule has 0 saturated carbocycles. The van der Waals surface area contributed by atoms with Crippen molar-refractivity contribution in [3.05, 3.63) is 39.8 Å². The van der Waals surface area contributed by atoms with E-state index in [1.807, 2.05) is 25.1 Å². The number of thiazole rings is 1. The van der Waals surface area contributed by atoms with Crippen LogP contribution in [0.15, 0.2) is 23.6 Å². The molecule has 1 N–H and O–H groups in total. The lowest BCUT2D eigenvalue weighted by Gasteiger charge is -2.29. The molecule has 0 fully saturated rings. The zero-order chi connectivity index (χ0) is 18.5. The molecule has 1 aliphatic heterocycles. The molecule has 0 saturated heterocycles. The SMILES string of the molecule is COCCCNC(=O)c1csc(CN2C(=O)COc3ccc(C)cc32)n1. The summed E-state index contributed by atoms with van der Waals surface area (Å²) in [7, 11) is 1.63. The van der Waals surface area contributed by atoms with Crippen molar-refractivity contribution in [2.45, 2.75) is 19.9 Å². The fourth-order valence-corrected chi connectivity index (χ4v) is 3.38. The molecule has 8 heteroatoms. The molecule has 1 aromatic heterocycles. The molecular weight excluding hydrogens is 354 g/mol. The maximum absolute atomic E-state index is 12.3. The van der Waals surface area contributed by atoms with Crippen LogP contribution in [0.1, 0.15) is 27.5 Å². The monoisotopic (exact) mass is 375 g/mol. The number of nitrogens with one attached hydrogen (secondary N) is 1. The third-order valence-electron chi connectivity index (χ3n) is 3.95. The van der Waals surface area contributed by atoms with Crippen molar-refractivity contribution in [1.29, 1.82) is 0 Å². The van der Waals surface area contributed by atoms with Crippen LogP contribution >= 0.6 is 11.3 Å². The molecule has 1 aliphatic rings. The minimum Gasteiger partial charge on any atom is -0.482 e. The van der Waals surface area contributed by atoms with Crippen LogP contribution in [-0.2, 0) is 16.1 Å². The van der Waals surface area contributed by atoms with Gasteiger partial charge in [0.2, 0.25) is 0 Å². The van der Waals surface area contributed by atoms with Crippen LogP contribution in [0.25, 0.3) is 0 Å². The van der Waals surface area contributed by atoms with Crippen molar-refractivity contribution in [2.75, 3.05) is 31.8 Å². The van der Waals surface area contributed by atoms with E-state index in [0.717, 1.165) is 17.7 Å². The number of ether oxygens (including phenoxy) is 2. The second-order valence-electron chi connectivity index (χ2n) is 5.97. The number of hydrogen-bond acceptors (Lipinski definition) is 6. The number of fused-ring (bicyclic) bond motifs is 1. The van der Waals surface area contributed by atoms with Gasteiger partial charge in [0.15, 0.2) is 6.61 Å². The molecular formula is C18H21N3O4S. The highest BCUT2D eigenvalue weighted by atomic mass is 32.1. The number of amides is 2. The fourth-order valence-electron chi connectivity index (χ4n) is 2.62. The maximum Gasteiger partial charge on any atom is 0.270 e. The predicted octanol–water partition coefficient (Wildman–Crippen LogP) is 2.14. The first-order valence-electron chi connectivity index (χ1n) is 8.34. The summed E-state index contributed by atoms with van der Waals surface area (Å²) in [6.07, 6.45) is 0.748. The summed E-state index contributed by atoms with van der Waals surface area (Å²) in [6.45, 7) is 3.43. The first kappa shape index (κ1) is 18.3. The molecule has 0 unspecified atom stereocenters. The summed E-state index contributed by atoms with van der Waals surface area (Å²) in [5.41, 5.74) is 2.15. The summed E-state index contributed by atoms with van der Waals surface area (Å²) in [5, 5.41) is 5.22. The van der Waals surface area contributed by atoms with Crippen molar-refractivity contribution in [3.8, 4) is 5.75 Å². The summed E-state index contributed by atoms with van der Waals surface area (Å²) in [5.74, 6) is 0.347. The minimum atomic E-state index is -0.215. The first-order chi connectivity index (χ1) is 12.6. The van der Waals surface area contributed by atoms with Gasteiger partial charge in [-0.1, -0.05) is 6.07 Å². The molecule has 138 valence electrons. The molecule has 26 heavy (non-hydrogen) atoms. The van der Waals surface area contributed by atoms with Crippen molar-refractivity contribution in [3.63, 3.8) is 0 Å². The van der Waals surface area contributed by atoms with Gasteiger partial charge in [0.25, 0.3) is 11.8 Å². The van der Waals surface area contributed by atoms with E-state index in [1.165, 1.54) is 11.3 Å². The number of hydrogen-bond donors (Lipinski definition) is 1. The van der Waals surface area contributed by atoms with Gasteiger partial charge in [-0.15, -0.1) is 11.3 Å². The van der Waals surface area contributed by atoms with Crippen molar-refractivity contribution in [1.82, 2.24) is 10.3 Å². The first-order valence-corrected chi connectivity index (χ1v) is 9.22. The number of rotatable bonds is 7. The highest BCUT2D eigenvalue weighted by molar-refractivity contribution is 7.09. The van der Waals surface area contributed by atoms with E-state index in [4.69, 9.17) is 9.47 Å². The quantitative estimate of drug-likeness (QED) is 0.750. The molecule has 3 rings (SSSR count). The minimum absolute atomic E-state index is 0.00821. The predicted molar refractivity (Wildman–Crippen MR) is 98.8 cm³/mol. The van der Waals surface area contributed by atoms with E-state index in [2.05, 4.69) is 10.3 Å². The zero-order valence-corrected chi connectivity index (χ0v) is 15.6. The van der Waals surface area contributed by atoms with Crippen LogP contribution < -0.4 is 15.0 Å². The maximum atomic E-state index is 12.3. The Balaban J connectivity index is 1.68. The highest BCUT2D eigenvalue weighted by Crippen LogP contribution is 2.34. The third kappa shape index (κ3) is 4.20. The molecule has 2 heterocycles. The van der Waals surface area contributed by atoms with E-state index in [9.17, 15) is 9.59 Å². The van der Waals surface area contributed by atoms with Gasteiger partial charge in [-0.2, -0.15) is 0 Å². The van der Waals surface area contributed by atoms with Gasteiger partial charge in [0.1, 0.15) is 16.5 Å². The van der Waals surface area contributed by atoms with E-state index in [1.54, 1.807) is 17.4 Å². The number of aromatic nitrogens is 1. The third-order valence-corrected chi connectivity index (χ3v) is 4.78. The number of aryl methyl sites for hydroxylation is 1. The molecule has 1 aromatic carbocycles. The molecule has 0 bridgehead atoms. The van der Waals surface area contributed by atoms with E-state index in [0.29, 0.717) is 36.1 Å². The molecule has 2 amide bonds. The standard InChI is InChI=1S/C18H21N3O4S/c1-12-4-5-15-14(8-12)21(17(22)10-25-15)9-16-20-13(11-26-16)18(23)19-6-3-7-24-2/h4-5,8,11H,3,6-7,9-10H2,1-2H3,(H,19,23). The summed E-state index contributed by atoms with van der Waals surface area (Å²) < 4.78 is 10.4. The van der Waals surface area contributed by atoms with Crippen molar-refractivity contribution in [2.24, 2.45) is 0 Å². The Morgan fingerprint density at radius 3 is 3.12 bits per heavy atom. The molecule has 0 atom stereocenters. The van der Waals surface area contributed by atoms with Gasteiger partial charge in [-0.05, 0) is 31.0 Å². The number of methoxy groups -OCH3 is 1. The van der Waals surface area contributed by atoms with Crippen LogP contribution in [0.3, 0.4) is 0 Å². The topological polar surface area (TPSA) is 80.8 Å². The number of carbonyl (C=O) groups is 2. The van der Waals surface area contributed by atoms with Gasteiger partial charge < -0.3 is 14.8 Å². The van der Waals surface area contributed by atoms with Crippen LogP contribution in [0.4, 0.5) is 5.69 Å². The lowest BCUT2D eigenvalue weighted by atomic mass is 10.1. The Hall–Kier alpha value is -2.45. The smallest absolute Gasteiger partial charge is 0.270 e. The Morgan fingerprint density at radius 1 is 1.46 bits per heavy atom. The zero-order valence-electron chi connectivity index (χ0n) is 14.8. The second kappa shape index (κ2) is 8.29. The van der Waals surface area contributed by atoms with E-state index in [-0.39, 0.29) is 18.4 Å². The van der Waals surface area contributed by atoms with Crippen LogP contribution in [0.5, 0.6) is 5.75 Å². The normalized spacial score (nSPS) is 13.3. The largest absolute Gasteiger partial charge is 0.482 e. The van der Waals surface area contributed by atoms with Gasteiger partial charge in [-0.25, -0.2) is 4.98 Å². The number of benzene rings is 1. The lowest BCUT2D eigenvalue weighted by Crippen LogP contribution is -2.38.